The zero-order chi connectivity index (χ0) is 22.0. The Morgan fingerprint density at radius 1 is 1.13 bits per heavy atom. The van der Waals surface area contributed by atoms with Gasteiger partial charge in [0, 0.05) is 12.7 Å². The number of hydrogen-bond acceptors (Lipinski definition) is 5. The van der Waals surface area contributed by atoms with Gasteiger partial charge in [0.1, 0.15) is 0 Å². The molecule has 4 aromatic rings. The predicted molar refractivity (Wildman–Crippen MR) is 111 cm³/mol. The summed E-state index contributed by atoms with van der Waals surface area (Å²) in [5, 5.41) is 11.3. The van der Waals surface area contributed by atoms with E-state index in [1.807, 2.05) is 28.8 Å². The van der Waals surface area contributed by atoms with Gasteiger partial charge >= 0.3 is 6.18 Å². The van der Waals surface area contributed by atoms with Crippen LogP contribution in [-0.4, -0.2) is 36.0 Å². The molecule has 0 fully saturated rings. The molecule has 11 heteroatoms. The van der Waals surface area contributed by atoms with E-state index in [-0.39, 0.29) is 11.4 Å². The van der Waals surface area contributed by atoms with E-state index in [4.69, 9.17) is 0 Å². The second kappa shape index (κ2) is 8.42. The first-order valence-electron chi connectivity index (χ1n) is 9.19. The number of alkyl halides is 3. The van der Waals surface area contributed by atoms with Gasteiger partial charge in [0.2, 0.25) is 5.91 Å². The van der Waals surface area contributed by atoms with Crippen molar-refractivity contribution in [1.82, 2.24) is 24.3 Å². The maximum Gasteiger partial charge on any atom is 0.416 e. The van der Waals surface area contributed by atoms with Crippen molar-refractivity contribution >= 4 is 34.4 Å². The molecule has 0 aliphatic rings. The highest BCUT2D eigenvalue weighted by molar-refractivity contribution is 7.99. The van der Waals surface area contributed by atoms with Crippen LogP contribution in [0.3, 0.4) is 0 Å². The first-order chi connectivity index (χ1) is 14.8. The molecule has 0 unspecified atom stereocenters. The molecule has 2 aromatic carbocycles. The number of aromatic nitrogens is 5. The summed E-state index contributed by atoms with van der Waals surface area (Å²) in [7, 11) is 1.79. The van der Waals surface area contributed by atoms with E-state index in [1.165, 1.54) is 12.1 Å². The van der Waals surface area contributed by atoms with E-state index in [1.54, 1.807) is 17.9 Å². The van der Waals surface area contributed by atoms with E-state index in [0.717, 1.165) is 34.9 Å². The molecule has 0 saturated carbocycles. The van der Waals surface area contributed by atoms with Gasteiger partial charge in [0.25, 0.3) is 0 Å². The summed E-state index contributed by atoms with van der Waals surface area (Å²) in [5.74, 6) is 0.231. The Morgan fingerprint density at radius 3 is 2.74 bits per heavy atom. The number of nitrogens with one attached hydrogen (secondary N) is 1. The maximum atomic E-state index is 12.8. The highest BCUT2D eigenvalue weighted by Gasteiger charge is 2.30. The quantitative estimate of drug-likeness (QED) is 0.454. The monoisotopic (exact) mass is 446 g/mol. The first-order valence-corrected chi connectivity index (χ1v) is 10.2. The Kier molecular flexibility index (Phi) is 5.68. The molecule has 0 spiro atoms. The van der Waals surface area contributed by atoms with Crippen LogP contribution in [0.5, 0.6) is 0 Å². The van der Waals surface area contributed by atoms with Gasteiger partial charge in [-0.1, -0.05) is 30.0 Å². The van der Waals surface area contributed by atoms with Crippen molar-refractivity contribution in [1.29, 1.82) is 0 Å². The summed E-state index contributed by atoms with van der Waals surface area (Å²) in [5.41, 5.74) is 1.12. The zero-order valence-electron chi connectivity index (χ0n) is 16.3. The maximum absolute atomic E-state index is 12.8. The number of imidazole rings is 1. The molecule has 2 aromatic heterocycles. The van der Waals surface area contributed by atoms with Gasteiger partial charge in [-0.15, -0.1) is 10.2 Å². The van der Waals surface area contributed by atoms with Crippen LogP contribution in [0.1, 0.15) is 11.4 Å². The number of thioether (sulfide) groups is 1. The van der Waals surface area contributed by atoms with Crippen molar-refractivity contribution in [2.24, 2.45) is 7.05 Å². The standard InChI is InChI=1S/C20H17F3N6OS/c1-28-17(10-29-12-24-15-7-2-3-8-16(15)29)26-27-19(28)31-11-18(30)25-14-6-4-5-13(9-14)20(21,22)23/h2-9,12H,10-11H2,1H3,(H,25,30). The second-order valence-electron chi connectivity index (χ2n) is 6.73. The summed E-state index contributed by atoms with van der Waals surface area (Å²) in [6, 6.07) is 12.3. The largest absolute Gasteiger partial charge is 0.416 e. The fraction of sp³-hybridized carbons (Fsp3) is 0.200. The SMILES string of the molecule is Cn1c(Cn2cnc3ccccc32)nnc1SCC(=O)Nc1cccc(C(F)(F)F)c1. The van der Waals surface area contributed by atoms with E-state index in [9.17, 15) is 18.0 Å². The van der Waals surface area contributed by atoms with Crippen molar-refractivity contribution < 1.29 is 18.0 Å². The second-order valence-corrected chi connectivity index (χ2v) is 7.68. The third-order valence-electron chi connectivity index (χ3n) is 4.57. The van der Waals surface area contributed by atoms with Gasteiger partial charge < -0.3 is 14.5 Å². The number of amides is 1. The average Bonchev–Trinajstić information content (AvgIpc) is 3.30. The molecule has 0 atom stereocenters. The number of nitrogens with zero attached hydrogens (tertiary/aromatic N) is 5. The van der Waals surface area contributed by atoms with Crippen LogP contribution in [0.25, 0.3) is 11.0 Å². The molecule has 1 amide bonds. The van der Waals surface area contributed by atoms with E-state index < -0.39 is 17.6 Å². The van der Waals surface area contributed by atoms with Crippen LogP contribution in [-0.2, 0) is 24.6 Å². The molecule has 0 saturated heterocycles. The van der Waals surface area contributed by atoms with E-state index in [0.29, 0.717) is 17.5 Å². The van der Waals surface area contributed by atoms with Crippen LogP contribution < -0.4 is 5.32 Å². The number of para-hydroxylation sites is 2. The Labute approximate surface area is 179 Å². The zero-order valence-corrected chi connectivity index (χ0v) is 17.1. The lowest BCUT2D eigenvalue weighted by Crippen LogP contribution is -2.15. The molecule has 0 aliphatic carbocycles. The number of anilines is 1. The number of carbonyl (C=O) groups excluding carboxylic acids is 1. The molecule has 160 valence electrons. The average molecular weight is 446 g/mol. The molecule has 0 bridgehead atoms. The topological polar surface area (TPSA) is 77.6 Å². The smallest absolute Gasteiger partial charge is 0.325 e. The summed E-state index contributed by atoms with van der Waals surface area (Å²) < 4.78 is 42.1. The molecule has 2 heterocycles. The number of rotatable bonds is 6. The molecule has 31 heavy (non-hydrogen) atoms. The number of carbonyl (C=O) groups is 1. The van der Waals surface area contributed by atoms with Gasteiger partial charge in [-0.3, -0.25) is 4.79 Å². The molecule has 7 nitrogen and oxygen atoms in total. The molecule has 0 radical (unpaired) electrons. The summed E-state index contributed by atoms with van der Waals surface area (Å²) in [6.07, 6.45) is -2.74. The van der Waals surface area contributed by atoms with Crippen molar-refractivity contribution in [3.05, 3.63) is 66.2 Å². The minimum atomic E-state index is -4.47. The van der Waals surface area contributed by atoms with Gasteiger partial charge in [-0.2, -0.15) is 13.2 Å². The van der Waals surface area contributed by atoms with E-state index in [2.05, 4.69) is 20.5 Å². The predicted octanol–water partition coefficient (Wildman–Crippen LogP) is 3.96. The third kappa shape index (κ3) is 4.71. The van der Waals surface area contributed by atoms with Gasteiger partial charge in [-0.05, 0) is 30.3 Å². The lowest BCUT2D eigenvalue weighted by molar-refractivity contribution is -0.137. The number of hydrogen-bond donors (Lipinski definition) is 1. The summed E-state index contributed by atoms with van der Waals surface area (Å²) >= 11 is 1.15. The number of fused-ring (bicyclic) bond motifs is 1. The lowest BCUT2D eigenvalue weighted by Gasteiger charge is -2.10. The summed E-state index contributed by atoms with van der Waals surface area (Å²) in [6.45, 7) is 0.459. The van der Waals surface area contributed by atoms with Crippen LogP contribution in [0.4, 0.5) is 18.9 Å². The van der Waals surface area contributed by atoms with Gasteiger partial charge in [-0.25, -0.2) is 4.98 Å². The molecule has 4 rings (SSSR count). The van der Waals surface area contributed by atoms with Gasteiger partial charge in [0.05, 0.1) is 35.2 Å². The number of halogens is 3. The minimum absolute atomic E-state index is 0.0176. The lowest BCUT2D eigenvalue weighted by atomic mass is 10.2. The Morgan fingerprint density at radius 2 is 1.94 bits per heavy atom. The molecule has 0 aliphatic heterocycles. The van der Waals surface area contributed by atoms with Crippen LogP contribution in [0.2, 0.25) is 0 Å². The number of benzene rings is 2. The highest BCUT2D eigenvalue weighted by Crippen LogP contribution is 2.30. The van der Waals surface area contributed by atoms with Crippen LogP contribution in [0, 0.1) is 0 Å². The fourth-order valence-electron chi connectivity index (χ4n) is 3.00. The Balaban J connectivity index is 1.38. The minimum Gasteiger partial charge on any atom is -0.325 e. The van der Waals surface area contributed by atoms with Crippen molar-refractivity contribution in [3.8, 4) is 0 Å². The van der Waals surface area contributed by atoms with Crippen molar-refractivity contribution in [2.75, 3.05) is 11.1 Å². The Bertz CT molecular complexity index is 1230. The normalized spacial score (nSPS) is 11.7. The Hall–Kier alpha value is -3.34. The highest BCUT2D eigenvalue weighted by atomic mass is 32.2. The van der Waals surface area contributed by atoms with Crippen molar-refractivity contribution in [2.45, 2.75) is 17.9 Å². The third-order valence-corrected chi connectivity index (χ3v) is 5.59. The van der Waals surface area contributed by atoms with Gasteiger partial charge in [0.15, 0.2) is 11.0 Å². The van der Waals surface area contributed by atoms with E-state index >= 15 is 0 Å². The summed E-state index contributed by atoms with van der Waals surface area (Å²) in [4.78, 5) is 16.5. The van der Waals surface area contributed by atoms with Crippen molar-refractivity contribution in [3.63, 3.8) is 0 Å². The van der Waals surface area contributed by atoms with Crippen LogP contribution in [0.15, 0.2) is 60.0 Å². The molecule has 1 N–H and O–H groups in total. The molecular weight excluding hydrogens is 429 g/mol. The molecular formula is C20H17F3N6OS. The fourth-order valence-corrected chi connectivity index (χ4v) is 3.73. The first kappa shape index (κ1) is 20.9. The van der Waals surface area contributed by atoms with Crippen LogP contribution >= 0.6 is 11.8 Å².